The third kappa shape index (κ3) is 5.55. The van der Waals surface area contributed by atoms with Crippen molar-refractivity contribution in [1.82, 2.24) is 14.9 Å². The Hall–Kier alpha value is -4.56. The van der Waals surface area contributed by atoms with Crippen molar-refractivity contribution in [3.8, 4) is 0 Å². The summed E-state index contributed by atoms with van der Waals surface area (Å²) in [5, 5.41) is 6.11. The number of anilines is 2. The maximum Gasteiger partial charge on any atom is 0.274 e. The highest BCUT2D eigenvalue weighted by Crippen LogP contribution is 2.29. The number of aryl methyl sites for hydroxylation is 1. The number of rotatable bonds is 6. The molecule has 3 amide bonds. The molecule has 8 nitrogen and oxygen atoms in total. The summed E-state index contributed by atoms with van der Waals surface area (Å²) in [6.45, 7) is 2.08. The van der Waals surface area contributed by atoms with Crippen LogP contribution in [-0.4, -0.2) is 38.6 Å². The van der Waals surface area contributed by atoms with E-state index < -0.39 is 6.04 Å². The first-order chi connectivity index (χ1) is 18.4. The molecule has 0 saturated heterocycles. The minimum absolute atomic E-state index is 0.180. The highest BCUT2D eigenvalue weighted by atomic mass is 35.5. The monoisotopic (exact) mass is 525 g/mol. The van der Waals surface area contributed by atoms with Crippen LogP contribution in [0.25, 0.3) is 0 Å². The number of carbonyl (C=O) groups excluding carboxylic acids is 3. The van der Waals surface area contributed by atoms with Crippen molar-refractivity contribution in [1.29, 1.82) is 0 Å². The number of hydrogen-bond acceptors (Lipinski definition) is 5. The number of hydrogen-bond donors (Lipinski definition) is 2. The third-order valence-electron chi connectivity index (χ3n) is 6.25. The predicted octanol–water partition coefficient (Wildman–Crippen LogP) is 4.90. The van der Waals surface area contributed by atoms with Crippen molar-refractivity contribution in [2.75, 3.05) is 10.6 Å². The summed E-state index contributed by atoms with van der Waals surface area (Å²) in [5.74, 6) is -0.930. The van der Waals surface area contributed by atoms with Crippen LogP contribution in [-0.2, 0) is 17.8 Å². The number of halogens is 1. The van der Waals surface area contributed by atoms with Gasteiger partial charge in [-0.2, -0.15) is 0 Å². The Kier molecular flexibility index (Phi) is 7.15. The second kappa shape index (κ2) is 10.8. The molecule has 5 rings (SSSR count). The molecule has 0 radical (unpaired) electrons. The predicted molar refractivity (Wildman–Crippen MR) is 145 cm³/mol. The Morgan fingerprint density at radius 2 is 1.84 bits per heavy atom. The van der Waals surface area contributed by atoms with Crippen molar-refractivity contribution in [3.63, 3.8) is 0 Å². The average Bonchev–Trinajstić information content (AvgIpc) is 3.00. The molecule has 0 bridgehead atoms. The summed E-state index contributed by atoms with van der Waals surface area (Å²) in [5.41, 5.74) is 4.10. The first-order valence-electron chi connectivity index (χ1n) is 12.0. The molecule has 2 aromatic heterocycles. The molecule has 0 saturated carbocycles. The first kappa shape index (κ1) is 25.1. The van der Waals surface area contributed by atoms with Gasteiger partial charge >= 0.3 is 0 Å². The van der Waals surface area contributed by atoms with Crippen LogP contribution in [0, 0.1) is 6.92 Å². The van der Waals surface area contributed by atoms with E-state index in [0.717, 1.165) is 11.1 Å². The smallest absolute Gasteiger partial charge is 0.274 e. The van der Waals surface area contributed by atoms with Crippen LogP contribution in [0.3, 0.4) is 0 Å². The first-order valence-corrected chi connectivity index (χ1v) is 12.4. The highest BCUT2D eigenvalue weighted by molar-refractivity contribution is 6.31. The van der Waals surface area contributed by atoms with E-state index in [9.17, 15) is 14.4 Å². The van der Waals surface area contributed by atoms with Crippen LogP contribution < -0.4 is 10.6 Å². The van der Waals surface area contributed by atoms with Crippen LogP contribution in [0.1, 0.15) is 37.7 Å². The molecule has 38 heavy (non-hydrogen) atoms. The molecule has 190 valence electrons. The van der Waals surface area contributed by atoms with Gasteiger partial charge < -0.3 is 15.5 Å². The molecule has 3 heterocycles. The van der Waals surface area contributed by atoms with E-state index in [1.54, 1.807) is 59.8 Å². The van der Waals surface area contributed by atoms with E-state index in [2.05, 4.69) is 20.6 Å². The Morgan fingerprint density at radius 1 is 1.03 bits per heavy atom. The van der Waals surface area contributed by atoms with Gasteiger partial charge in [-0.05, 0) is 66.6 Å². The molecule has 2 aromatic carbocycles. The zero-order chi connectivity index (χ0) is 26.6. The Bertz CT molecular complexity index is 1490. The number of amides is 3. The van der Waals surface area contributed by atoms with E-state index in [-0.39, 0.29) is 30.7 Å². The zero-order valence-electron chi connectivity index (χ0n) is 20.5. The lowest BCUT2D eigenvalue weighted by Crippen LogP contribution is -2.46. The third-order valence-corrected chi connectivity index (χ3v) is 6.48. The lowest BCUT2D eigenvalue weighted by Gasteiger charge is -2.28. The highest BCUT2D eigenvalue weighted by Gasteiger charge is 2.35. The Balaban J connectivity index is 1.40. The molecule has 1 atom stereocenters. The quantitative estimate of drug-likeness (QED) is 0.373. The lowest BCUT2D eigenvalue weighted by molar-refractivity contribution is -0.120. The number of fused-ring (bicyclic) bond motifs is 1. The normalized spacial score (nSPS) is 14.9. The van der Waals surface area contributed by atoms with Crippen LogP contribution >= 0.6 is 11.6 Å². The van der Waals surface area contributed by atoms with Crippen molar-refractivity contribution in [2.45, 2.75) is 25.9 Å². The summed E-state index contributed by atoms with van der Waals surface area (Å²) in [7, 11) is 0. The van der Waals surface area contributed by atoms with E-state index >= 15 is 0 Å². The summed E-state index contributed by atoms with van der Waals surface area (Å²) >= 11 is 6.13. The van der Waals surface area contributed by atoms with Gasteiger partial charge in [0.2, 0.25) is 5.91 Å². The fourth-order valence-corrected chi connectivity index (χ4v) is 4.42. The fraction of sp³-hybridized carbons (Fsp3) is 0.138. The molecule has 4 aromatic rings. The van der Waals surface area contributed by atoms with Gasteiger partial charge in [-0.3, -0.25) is 24.4 Å². The Morgan fingerprint density at radius 3 is 2.55 bits per heavy atom. The van der Waals surface area contributed by atoms with E-state index in [4.69, 9.17) is 11.6 Å². The van der Waals surface area contributed by atoms with E-state index in [0.29, 0.717) is 33.3 Å². The van der Waals surface area contributed by atoms with Gasteiger partial charge in [0.25, 0.3) is 11.8 Å². The van der Waals surface area contributed by atoms with Crippen molar-refractivity contribution < 1.29 is 14.4 Å². The van der Waals surface area contributed by atoms with Crippen LogP contribution in [0.2, 0.25) is 5.02 Å². The largest absolute Gasteiger partial charge is 0.323 e. The number of nitrogens with one attached hydrogen (secondary N) is 2. The minimum Gasteiger partial charge on any atom is -0.323 e. The molecule has 1 aliphatic rings. The second-order valence-electron chi connectivity index (χ2n) is 9.03. The molecule has 0 spiro atoms. The number of pyridine rings is 2. The molecule has 0 aliphatic carbocycles. The number of nitrogens with zero attached hydrogens (tertiary/aromatic N) is 3. The molecule has 1 unspecified atom stereocenters. The summed E-state index contributed by atoms with van der Waals surface area (Å²) in [6.07, 6.45) is 3.54. The van der Waals surface area contributed by atoms with Gasteiger partial charge in [0.05, 0.1) is 11.3 Å². The van der Waals surface area contributed by atoms with E-state index in [1.807, 2.05) is 37.3 Å². The van der Waals surface area contributed by atoms with Crippen molar-refractivity contribution >= 4 is 40.7 Å². The molecule has 1 aliphatic heterocycles. The molecule has 2 N–H and O–H groups in total. The number of benzene rings is 2. The van der Waals surface area contributed by atoms with Crippen LogP contribution in [0.5, 0.6) is 0 Å². The number of aromatic nitrogens is 2. The van der Waals surface area contributed by atoms with Gasteiger partial charge in [-0.1, -0.05) is 35.9 Å². The Labute approximate surface area is 224 Å². The van der Waals surface area contributed by atoms with Gasteiger partial charge in [-0.15, -0.1) is 0 Å². The lowest BCUT2D eigenvalue weighted by atomic mass is 10.1. The second-order valence-corrected chi connectivity index (χ2v) is 9.46. The molecular weight excluding hydrogens is 502 g/mol. The van der Waals surface area contributed by atoms with Crippen LogP contribution in [0.15, 0.2) is 85.2 Å². The summed E-state index contributed by atoms with van der Waals surface area (Å²) in [4.78, 5) is 49.6. The molecule has 9 heteroatoms. The van der Waals surface area contributed by atoms with Crippen LogP contribution in [0.4, 0.5) is 11.4 Å². The average molecular weight is 526 g/mol. The van der Waals surface area contributed by atoms with Gasteiger partial charge in [0, 0.05) is 41.8 Å². The number of carbonyl (C=O) groups is 3. The fourth-order valence-electron chi connectivity index (χ4n) is 4.25. The van der Waals surface area contributed by atoms with Crippen molar-refractivity contribution in [2.24, 2.45) is 0 Å². The topological polar surface area (TPSA) is 104 Å². The van der Waals surface area contributed by atoms with Gasteiger partial charge in [0.1, 0.15) is 11.7 Å². The minimum atomic E-state index is -0.796. The SMILES string of the molecule is Cc1ccc(C(=O)Nc2ccc(CN3C(=O)c4ccc(Cl)cc4NC(=O)C3Cc3ccccn3)cc2)nc1. The molecular formula is C29H24ClN5O3. The van der Waals surface area contributed by atoms with Gasteiger partial charge in [-0.25, -0.2) is 0 Å². The van der Waals surface area contributed by atoms with E-state index in [1.165, 1.54) is 0 Å². The molecule has 0 fully saturated rings. The standard InChI is InChI=1S/C29H24ClN5O3/c1-18-5-12-24(32-16-18)27(36)33-21-9-6-19(7-10-21)17-35-26(15-22-4-2-3-13-31-22)28(37)34-25-14-20(30)8-11-23(25)29(35)38/h2-14,16,26H,15,17H2,1H3,(H,33,36)(H,34,37). The van der Waals surface area contributed by atoms with Gasteiger partial charge in [0.15, 0.2) is 0 Å². The van der Waals surface area contributed by atoms with Crippen molar-refractivity contribution in [3.05, 3.63) is 118 Å². The zero-order valence-corrected chi connectivity index (χ0v) is 21.3. The summed E-state index contributed by atoms with van der Waals surface area (Å²) < 4.78 is 0. The summed E-state index contributed by atoms with van der Waals surface area (Å²) in [6, 6.07) is 20.1. The maximum absolute atomic E-state index is 13.7. The maximum atomic E-state index is 13.7.